The quantitative estimate of drug-likeness (QED) is 0.626. The summed E-state index contributed by atoms with van der Waals surface area (Å²) in [6.45, 7) is 2.06. The molecule has 0 saturated heterocycles. The van der Waals surface area contributed by atoms with Gasteiger partial charge in [-0.3, -0.25) is 0 Å². The van der Waals surface area contributed by atoms with E-state index in [2.05, 4.69) is 25.1 Å². The topological polar surface area (TPSA) is 0 Å². The largest absolute Gasteiger partial charge is 0.0874 e. The SMILES string of the molecule is C/C=C/C1=C(c2ccc(Cl)c(Cl)c2)CCCC1. The summed E-state index contributed by atoms with van der Waals surface area (Å²) < 4.78 is 0. The highest BCUT2D eigenvalue weighted by atomic mass is 35.5. The van der Waals surface area contributed by atoms with Gasteiger partial charge in [0.1, 0.15) is 0 Å². The van der Waals surface area contributed by atoms with Crippen LogP contribution in [0.5, 0.6) is 0 Å². The third-order valence-electron chi connectivity index (χ3n) is 3.15. The molecule has 0 radical (unpaired) electrons. The molecule has 0 aromatic heterocycles. The van der Waals surface area contributed by atoms with Crippen LogP contribution in [-0.4, -0.2) is 0 Å². The van der Waals surface area contributed by atoms with Crippen molar-refractivity contribution in [2.75, 3.05) is 0 Å². The second-order valence-electron chi connectivity index (χ2n) is 4.34. The van der Waals surface area contributed by atoms with Gasteiger partial charge in [0.2, 0.25) is 0 Å². The summed E-state index contributed by atoms with van der Waals surface area (Å²) in [7, 11) is 0. The van der Waals surface area contributed by atoms with E-state index in [-0.39, 0.29) is 0 Å². The molecule has 1 aliphatic rings. The molecule has 0 amide bonds. The molecule has 0 aliphatic heterocycles. The molecule has 1 aromatic rings. The van der Waals surface area contributed by atoms with Crippen LogP contribution in [0.2, 0.25) is 10.0 Å². The maximum Gasteiger partial charge on any atom is 0.0598 e. The molecule has 0 N–H and O–H groups in total. The lowest BCUT2D eigenvalue weighted by Gasteiger charge is -2.19. The molecule has 2 heteroatoms. The number of rotatable bonds is 2. The normalized spacial score (nSPS) is 16.9. The van der Waals surface area contributed by atoms with E-state index in [9.17, 15) is 0 Å². The lowest BCUT2D eigenvalue weighted by atomic mass is 9.87. The molecule has 0 heterocycles. The Kier molecular flexibility index (Phi) is 4.31. The van der Waals surface area contributed by atoms with Crippen molar-refractivity contribution in [3.63, 3.8) is 0 Å². The summed E-state index contributed by atoms with van der Waals surface area (Å²) in [6, 6.07) is 5.93. The Morgan fingerprint density at radius 1 is 1.06 bits per heavy atom. The average molecular weight is 267 g/mol. The fraction of sp³-hybridized carbons (Fsp3) is 0.333. The van der Waals surface area contributed by atoms with E-state index in [1.165, 1.54) is 36.0 Å². The first-order valence-electron chi connectivity index (χ1n) is 6.02. The molecular formula is C15H16Cl2. The van der Waals surface area contributed by atoms with Crippen molar-refractivity contribution in [1.29, 1.82) is 0 Å². The Morgan fingerprint density at radius 2 is 1.82 bits per heavy atom. The monoisotopic (exact) mass is 266 g/mol. The van der Waals surface area contributed by atoms with Crippen molar-refractivity contribution < 1.29 is 0 Å². The van der Waals surface area contributed by atoms with Crippen molar-refractivity contribution in [3.8, 4) is 0 Å². The highest BCUT2D eigenvalue weighted by Gasteiger charge is 2.13. The van der Waals surface area contributed by atoms with Gasteiger partial charge in [-0.15, -0.1) is 0 Å². The van der Waals surface area contributed by atoms with Crippen LogP contribution < -0.4 is 0 Å². The van der Waals surface area contributed by atoms with Gasteiger partial charge < -0.3 is 0 Å². The number of hydrogen-bond donors (Lipinski definition) is 0. The summed E-state index contributed by atoms with van der Waals surface area (Å²) in [5.41, 5.74) is 4.08. The van der Waals surface area contributed by atoms with Gasteiger partial charge in [-0.25, -0.2) is 0 Å². The fourth-order valence-corrected chi connectivity index (χ4v) is 2.63. The van der Waals surface area contributed by atoms with Gasteiger partial charge in [0, 0.05) is 0 Å². The zero-order chi connectivity index (χ0) is 12.3. The molecule has 0 spiro atoms. The Hall–Kier alpha value is -0.720. The summed E-state index contributed by atoms with van der Waals surface area (Å²) in [5, 5.41) is 1.27. The van der Waals surface area contributed by atoms with E-state index in [1.54, 1.807) is 0 Å². The number of hydrogen-bond acceptors (Lipinski definition) is 0. The molecular weight excluding hydrogens is 251 g/mol. The molecule has 0 fully saturated rings. The lowest BCUT2D eigenvalue weighted by Crippen LogP contribution is -1.98. The molecule has 0 saturated carbocycles. The fourth-order valence-electron chi connectivity index (χ4n) is 2.33. The van der Waals surface area contributed by atoms with E-state index in [1.807, 2.05) is 12.1 Å². The van der Waals surface area contributed by atoms with E-state index >= 15 is 0 Å². The first-order chi connectivity index (χ1) is 8.22. The van der Waals surface area contributed by atoms with E-state index in [0.717, 1.165) is 6.42 Å². The summed E-state index contributed by atoms with van der Waals surface area (Å²) in [5.74, 6) is 0. The van der Waals surface area contributed by atoms with Crippen LogP contribution in [0.4, 0.5) is 0 Å². The minimum atomic E-state index is 0.624. The Labute approximate surface area is 113 Å². The third kappa shape index (κ3) is 2.94. The van der Waals surface area contributed by atoms with Crippen LogP contribution in [0.25, 0.3) is 5.57 Å². The van der Waals surface area contributed by atoms with Crippen molar-refractivity contribution in [1.82, 2.24) is 0 Å². The van der Waals surface area contributed by atoms with Crippen molar-refractivity contribution >= 4 is 28.8 Å². The molecule has 1 aliphatic carbocycles. The van der Waals surface area contributed by atoms with Gasteiger partial charge in [-0.05, 0) is 61.4 Å². The van der Waals surface area contributed by atoms with Crippen LogP contribution >= 0.6 is 23.2 Å². The Bertz CT molecular complexity index is 470. The smallest absolute Gasteiger partial charge is 0.0598 e. The number of halogens is 2. The van der Waals surface area contributed by atoms with E-state index in [0.29, 0.717) is 10.0 Å². The first-order valence-corrected chi connectivity index (χ1v) is 6.78. The van der Waals surface area contributed by atoms with Gasteiger partial charge in [0.15, 0.2) is 0 Å². The molecule has 0 nitrogen and oxygen atoms in total. The molecule has 2 rings (SSSR count). The first kappa shape index (κ1) is 12.7. The molecule has 0 bridgehead atoms. The molecule has 90 valence electrons. The van der Waals surface area contributed by atoms with Gasteiger partial charge in [-0.1, -0.05) is 41.4 Å². The van der Waals surface area contributed by atoms with Gasteiger partial charge in [0.05, 0.1) is 10.0 Å². The maximum atomic E-state index is 6.09. The van der Waals surface area contributed by atoms with Crippen molar-refractivity contribution in [3.05, 3.63) is 51.5 Å². The predicted molar refractivity (Wildman–Crippen MR) is 76.7 cm³/mol. The van der Waals surface area contributed by atoms with E-state index in [4.69, 9.17) is 23.2 Å². The second-order valence-corrected chi connectivity index (χ2v) is 5.15. The van der Waals surface area contributed by atoms with Crippen LogP contribution in [0.1, 0.15) is 38.2 Å². The Morgan fingerprint density at radius 3 is 2.53 bits per heavy atom. The standard InChI is InChI=1S/C15H16Cl2/c1-2-5-11-6-3-4-7-13(11)12-8-9-14(16)15(17)10-12/h2,5,8-10H,3-4,6-7H2,1H3/b5-2+. The Balaban J connectivity index is 2.45. The van der Waals surface area contributed by atoms with Crippen LogP contribution in [0, 0.1) is 0 Å². The number of benzene rings is 1. The maximum absolute atomic E-state index is 6.09. The summed E-state index contributed by atoms with van der Waals surface area (Å²) in [6.07, 6.45) is 9.17. The summed E-state index contributed by atoms with van der Waals surface area (Å²) >= 11 is 12.0. The molecule has 1 aromatic carbocycles. The van der Waals surface area contributed by atoms with Crippen molar-refractivity contribution in [2.45, 2.75) is 32.6 Å². The predicted octanol–water partition coefficient (Wildman–Crippen LogP) is 5.90. The van der Waals surface area contributed by atoms with Gasteiger partial charge >= 0.3 is 0 Å². The second kappa shape index (κ2) is 5.75. The van der Waals surface area contributed by atoms with Crippen LogP contribution in [-0.2, 0) is 0 Å². The number of allylic oxidation sites excluding steroid dienone is 4. The molecule has 0 unspecified atom stereocenters. The van der Waals surface area contributed by atoms with Gasteiger partial charge in [-0.2, -0.15) is 0 Å². The third-order valence-corrected chi connectivity index (χ3v) is 3.89. The highest BCUT2D eigenvalue weighted by Crippen LogP contribution is 2.35. The molecule has 17 heavy (non-hydrogen) atoms. The lowest BCUT2D eigenvalue weighted by molar-refractivity contribution is 0.724. The minimum Gasteiger partial charge on any atom is -0.0874 e. The van der Waals surface area contributed by atoms with Crippen LogP contribution in [0.3, 0.4) is 0 Å². The highest BCUT2D eigenvalue weighted by molar-refractivity contribution is 6.42. The van der Waals surface area contributed by atoms with E-state index < -0.39 is 0 Å². The van der Waals surface area contributed by atoms with Crippen LogP contribution in [0.15, 0.2) is 35.9 Å². The zero-order valence-electron chi connectivity index (χ0n) is 9.97. The average Bonchev–Trinajstić information content (AvgIpc) is 2.34. The van der Waals surface area contributed by atoms with Crippen molar-refractivity contribution in [2.24, 2.45) is 0 Å². The summed E-state index contributed by atoms with van der Waals surface area (Å²) in [4.78, 5) is 0. The van der Waals surface area contributed by atoms with Gasteiger partial charge in [0.25, 0.3) is 0 Å². The zero-order valence-corrected chi connectivity index (χ0v) is 11.5. The minimum absolute atomic E-state index is 0.624. The molecule has 0 atom stereocenters.